The van der Waals surface area contributed by atoms with E-state index in [0.717, 1.165) is 86.6 Å². The van der Waals surface area contributed by atoms with Gasteiger partial charge in [0.15, 0.2) is 0 Å². The smallest absolute Gasteiger partial charge is 0.227 e. The van der Waals surface area contributed by atoms with Crippen molar-refractivity contribution in [3.63, 3.8) is 0 Å². The van der Waals surface area contributed by atoms with Gasteiger partial charge in [0.05, 0.1) is 32.1 Å². The molecule has 0 radical (unpaired) electrons. The van der Waals surface area contributed by atoms with Crippen LogP contribution in [0.2, 0.25) is 0 Å². The van der Waals surface area contributed by atoms with Crippen LogP contribution in [0.25, 0.3) is 11.3 Å². The van der Waals surface area contributed by atoms with Gasteiger partial charge in [-0.25, -0.2) is 9.97 Å². The van der Waals surface area contributed by atoms with Crippen molar-refractivity contribution in [1.82, 2.24) is 9.97 Å². The van der Waals surface area contributed by atoms with E-state index < -0.39 is 0 Å². The Kier molecular flexibility index (Phi) is 7.06. The molecular weight excluding hydrogens is 444 g/mol. The van der Waals surface area contributed by atoms with Gasteiger partial charge in [-0.15, -0.1) is 0 Å². The second kappa shape index (κ2) is 10.7. The summed E-state index contributed by atoms with van der Waals surface area (Å²) >= 11 is 0. The maximum absolute atomic E-state index is 11.3. The first kappa shape index (κ1) is 23.1. The number of aromatic nitrogens is 2. The van der Waals surface area contributed by atoms with Crippen molar-refractivity contribution in [3.8, 4) is 11.3 Å². The van der Waals surface area contributed by atoms with Gasteiger partial charge in [0, 0.05) is 67.6 Å². The molecule has 3 heterocycles. The molecule has 1 aromatic heterocycles. The highest BCUT2D eigenvalue weighted by Gasteiger charge is 2.17. The second-order valence-corrected chi connectivity index (χ2v) is 8.59. The summed E-state index contributed by atoms with van der Waals surface area (Å²) < 4.78 is 11.1. The first-order valence-electron chi connectivity index (χ1n) is 11.9. The number of rotatable bonds is 6. The quantitative estimate of drug-likeness (QED) is 0.561. The molecule has 2 N–H and O–H groups in total. The molecule has 2 aliphatic rings. The van der Waals surface area contributed by atoms with Gasteiger partial charge in [-0.05, 0) is 36.4 Å². The molecule has 2 aliphatic heterocycles. The first-order chi connectivity index (χ1) is 17.1. The molecule has 0 atom stereocenters. The highest BCUT2D eigenvalue weighted by Crippen LogP contribution is 2.31. The monoisotopic (exact) mass is 474 g/mol. The minimum absolute atomic E-state index is 0.0953. The molecule has 0 spiro atoms. The van der Waals surface area contributed by atoms with Crippen LogP contribution in [0.15, 0.2) is 54.7 Å². The Labute approximate surface area is 205 Å². The number of nitrogens with one attached hydrogen (secondary N) is 2. The van der Waals surface area contributed by atoms with Crippen LogP contribution in [-0.2, 0) is 14.3 Å². The largest absolute Gasteiger partial charge is 0.378 e. The van der Waals surface area contributed by atoms with Crippen LogP contribution in [0.5, 0.6) is 0 Å². The fourth-order valence-electron chi connectivity index (χ4n) is 4.31. The Morgan fingerprint density at radius 3 is 2.00 bits per heavy atom. The fourth-order valence-corrected chi connectivity index (χ4v) is 4.31. The molecule has 2 saturated heterocycles. The van der Waals surface area contributed by atoms with Gasteiger partial charge in [-0.3, -0.25) is 4.79 Å². The zero-order chi connectivity index (χ0) is 24.0. The molecule has 0 aliphatic carbocycles. The number of hydrogen-bond acceptors (Lipinski definition) is 8. The lowest BCUT2D eigenvalue weighted by Crippen LogP contribution is -2.38. The first-order valence-corrected chi connectivity index (χ1v) is 11.9. The molecule has 0 unspecified atom stereocenters. The topological polar surface area (TPSA) is 91.9 Å². The van der Waals surface area contributed by atoms with Crippen LogP contribution in [0.4, 0.5) is 28.7 Å². The molecule has 0 saturated carbocycles. The maximum atomic E-state index is 11.3. The third-order valence-electron chi connectivity index (χ3n) is 6.07. The normalized spacial score (nSPS) is 16.1. The number of amides is 1. The molecule has 182 valence electrons. The van der Waals surface area contributed by atoms with Crippen LogP contribution in [0, 0.1) is 0 Å². The number of anilines is 5. The van der Waals surface area contributed by atoms with Crippen molar-refractivity contribution in [3.05, 3.63) is 54.7 Å². The second-order valence-electron chi connectivity index (χ2n) is 8.59. The van der Waals surface area contributed by atoms with Gasteiger partial charge < -0.3 is 29.9 Å². The van der Waals surface area contributed by atoms with Crippen molar-refractivity contribution < 1.29 is 14.3 Å². The summed E-state index contributed by atoms with van der Waals surface area (Å²) in [5, 5.41) is 6.20. The number of carbonyl (C=O) groups excluding carboxylic acids is 1. The molecule has 3 aromatic rings. The minimum atomic E-state index is -0.0953. The highest BCUT2D eigenvalue weighted by molar-refractivity contribution is 5.89. The van der Waals surface area contributed by atoms with E-state index in [9.17, 15) is 4.79 Å². The maximum Gasteiger partial charge on any atom is 0.227 e. The molecule has 1 amide bonds. The zero-order valence-corrected chi connectivity index (χ0v) is 19.9. The SMILES string of the molecule is CC(=O)Nc1ccc(-c2ccnc(Nc3cc(N4CCOCC4)cc(N4CCOCC4)c3)n2)cc1. The number of ether oxygens (including phenoxy) is 2. The number of benzene rings is 2. The third-order valence-corrected chi connectivity index (χ3v) is 6.07. The summed E-state index contributed by atoms with van der Waals surface area (Å²) in [6.45, 7) is 7.90. The van der Waals surface area contributed by atoms with Gasteiger partial charge in [0.1, 0.15) is 0 Å². The van der Waals surface area contributed by atoms with Crippen LogP contribution < -0.4 is 20.4 Å². The van der Waals surface area contributed by atoms with Gasteiger partial charge in [0.25, 0.3) is 0 Å². The molecule has 35 heavy (non-hydrogen) atoms. The summed E-state index contributed by atoms with van der Waals surface area (Å²) in [4.78, 5) is 25.2. The van der Waals surface area contributed by atoms with Gasteiger partial charge in [-0.1, -0.05) is 12.1 Å². The van der Waals surface area contributed by atoms with Crippen LogP contribution >= 0.6 is 0 Å². The van der Waals surface area contributed by atoms with Crippen LogP contribution in [0.3, 0.4) is 0 Å². The van der Waals surface area contributed by atoms with E-state index in [2.05, 4.69) is 43.6 Å². The van der Waals surface area contributed by atoms with Gasteiger partial charge in [0.2, 0.25) is 11.9 Å². The van der Waals surface area contributed by atoms with E-state index in [-0.39, 0.29) is 5.91 Å². The molecular formula is C26H30N6O3. The predicted octanol–water partition coefficient (Wildman–Crippen LogP) is 3.52. The molecule has 9 heteroatoms. The molecule has 0 bridgehead atoms. The summed E-state index contributed by atoms with van der Waals surface area (Å²) in [7, 11) is 0. The average Bonchev–Trinajstić information content (AvgIpc) is 2.90. The highest BCUT2D eigenvalue weighted by atomic mass is 16.5. The van der Waals surface area contributed by atoms with Crippen LogP contribution in [-0.4, -0.2) is 68.5 Å². The predicted molar refractivity (Wildman–Crippen MR) is 138 cm³/mol. The van der Waals surface area contributed by atoms with Crippen molar-refractivity contribution in [2.75, 3.05) is 73.0 Å². The van der Waals surface area contributed by atoms with Crippen LogP contribution in [0.1, 0.15) is 6.92 Å². The summed E-state index contributed by atoms with van der Waals surface area (Å²) in [6, 6.07) is 16.0. The Morgan fingerprint density at radius 1 is 0.829 bits per heavy atom. The number of morpholine rings is 2. The summed E-state index contributed by atoms with van der Waals surface area (Å²) in [6.07, 6.45) is 1.75. The van der Waals surface area contributed by atoms with Crippen molar-refractivity contribution in [2.24, 2.45) is 0 Å². The molecule has 9 nitrogen and oxygen atoms in total. The Hall–Kier alpha value is -3.69. The molecule has 2 fully saturated rings. The zero-order valence-electron chi connectivity index (χ0n) is 19.9. The van der Waals surface area contributed by atoms with E-state index in [0.29, 0.717) is 5.95 Å². The Morgan fingerprint density at radius 2 is 1.43 bits per heavy atom. The van der Waals surface area contributed by atoms with E-state index in [1.54, 1.807) is 6.20 Å². The minimum Gasteiger partial charge on any atom is -0.378 e. The number of nitrogens with zero attached hydrogens (tertiary/aromatic N) is 4. The van der Waals surface area contributed by atoms with Gasteiger partial charge >= 0.3 is 0 Å². The summed E-state index contributed by atoms with van der Waals surface area (Å²) in [5.74, 6) is 0.433. The molecule has 5 rings (SSSR count). The number of hydrogen-bond donors (Lipinski definition) is 2. The van der Waals surface area contributed by atoms with Crippen molar-refractivity contribution in [2.45, 2.75) is 6.92 Å². The van der Waals surface area contributed by atoms with E-state index in [1.165, 1.54) is 6.92 Å². The third kappa shape index (κ3) is 5.87. The van der Waals surface area contributed by atoms with E-state index in [4.69, 9.17) is 14.5 Å². The van der Waals surface area contributed by atoms with Gasteiger partial charge in [-0.2, -0.15) is 0 Å². The lowest BCUT2D eigenvalue weighted by atomic mass is 10.1. The average molecular weight is 475 g/mol. The van der Waals surface area contributed by atoms with E-state index >= 15 is 0 Å². The lowest BCUT2D eigenvalue weighted by molar-refractivity contribution is -0.114. The van der Waals surface area contributed by atoms with Crippen molar-refractivity contribution in [1.29, 1.82) is 0 Å². The molecule has 2 aromatic carbocycles. The van der Waals surface area contributed by atoms with E-state index in [1.807, 2.05) is 30.3 Å². The Bertz CT molecular complexity index is 1120. The van der Waals surface area contributed by atoms with Crippen molar-refractivity contribution >= 4 is 34.6 Å². The standard InChI is InChI=1S/C26H30N6O3/c1-19(33)28-21-4-2-20(3-5-21)25-6-7-27-26(30-25)29-22-16-23(31-8-12-34-13-9-31)18-24(17-22)32-10-14-35-15-11-32/h2-7,16-18H,8-15H2,1H3,(H,28,33)(H,27,29,30). The Balaban J connectivity index is 1.40. The summed E-state index contributed by atoms with van der Waals surface area (Å²) in [5.41, 5.74) is 5.75. The number of carbonyl (C=O) groups is 1. The lowest BCUT2D eigenvalue weighted by Gasteiger charge is -2.33. The fraction of sp³-hybridized carbons (Fsp3) is 0.346.